The molecular weight excluding hydrogens is 471 g/mol. The highest BCUT2D eigenvalue weighted by Gasteiger charge is 2.19. The maximum absolute atomic E-state index is 6.04. The Hall–Kier alpha value is -1.31. The van der Waals surface area contributed by atoms with Gasteiger partial charge < -0.3 is 10.6 Å². The van der Waals surface area contributed by atoms with Crippen molar-refractivity contribution in [3.05, 3.63) is 70.7 Å². The molecule has 146 valence electrons. The summed E-state index contributed by atoms with van der Waals surface area (Å²) in [7, 11) is 1.82. The van der Waals surface area contributed by atoms with Crippen molar-refractivity contribution in [1.82, 2.24) is 15.5 Å². The Morgan fingerprint density at radius 3 is 2.44 bits per heavy atom. The van der Waals surface area contributed by atoms with Crippen molar-refractivity contribution >= 4 is 41.5 Å². The van der Waals surface area contributed by atoms with Crippen LogP contribution < -0.4 is 10.6 Å². The third-order valence-corrected chi connectivity index (χ3v) is 4.99. The Bertz CT molecular complexity index is 715. The molecule has 0 bridgehead atoms. The predicted octanol–water partition coefficient (Wildman–Crippen LogP) is 4.29. The lowest BCUT2D eigenvalue weighted by atomic mass is 10.0. The first-order chi connectivity index (χ1) is 12.7. The summed E-state index contributed by atoms with van der Waals surface area (Å²) >= 11 is 6.04. The molecule has 1 heterocycles. The number of likely N-dealkylation sites (tertiary alicyclic amines) is 1. The summed E-state index contributed by atoms with van der Waals surface area (Å²) in [6.45, 7) is 3.97. The zero-order chi connectivity index (χ0) is 18.2. The van der Waals surface area contributed by atoms with Crippen LogP contribution in [0.4, 0.5) is 0 Å². The van der Waals surface area contributed by atoms with Gasteiger partial charge >= 0.3 is 0 Å². The fourth-order valence-corrected chi connectivity index (χ4v) is 3.51. The third kappa shape index (κ3) is 7.31. The summed E-state index contributed by atoms with van der Waals surface area (Å²) in [5.74, 6) is 0.853. The van der Waals surface area contributed by atoms with Gasteiger partial charge in [0.2, 0.25) is 0 Å². The van der Waals surface area contributed by atoms with Crippen molar-refractivity contribution in [3.8, 4) is 0 Å². The summed E-state index contributed by atoms with van der Waals surface area (Å²) in [5.41, 5.74) is 2.54. The van der Waals surface area contributed by atoms with Crippen LogP contribution in [0.1, 0.15) is 24.0 Å². The van der Waals surface area contributed by atoms with Gasteiger partial charge in [-0.1, -0.05) is 54.1 Å². The summed E-state index contributed by atoms with van der Waals surface area (Å²) in [6.07, 6.45) is 2.26. The maximum Gasteiger partial charge on any atom is 0.191 e. The SMILES string of the molecule is CN=C(NCc1cccc(Cl)c1)NC1CCN(Cc2ccccc2)CC1.I. The van der Waals surface area contributed by atoms with Crippen molar-refractivity contribution in [2.45, 2.75) is 32.0 Å². The van der Waals surface area contributed by atoms with Gasteiger partial charge in [0.25, 0.3) is 0 Å². The first kappa shape index (κ1) is 22.0. The van der Waals surface area contributed by atoms with Crippen molar-refractivity contribution in [2.75, 3.05) is 20.1 Å². The zero-order valence-electron chi connectivity index (χ0n) is 15.7. The highest BCUT2D eigenvalue weighted by atomic mass is 127. The number of aliphatic imine (C=N–C) groups is 1. The number of benzene rings is 2. The summed E-state index contributed by atoms with van der Waals surface area (Å²) in [5, 5.41) is 7.69. The second kappa shape index (κ2) is 11.5. The Balaban J connectivity index is 0.00000261. The number of halogens is 2. The van der Waals surface area contributed by atoms with E-state index in [1.54, 1.807) is 0 Å². The number of piperidine rings is 1. The first-order valence-electron chi connectivity index (χ1n) is 9.21. The topological polar surface area (TPSA) is 39.7 Å². The molecule has 1 aliphatic heterocycles. The van der Waals surface area contributed by atoms with Crippen LogP contribution in [0, 0.1) is 0 Å². The van der Waals surface area contributed by atoms with Crippen LogP contribution in [0.15, 0.2) is 59.6 Å². The van der Waals surface area contributed by atoms with E-state index in [1.807, 2.05) is 25.2 Å². The number of nitrogens with zero attached hydrogens (tertiary/aromatic N) is 2. The van der Waals surface area contributed by atoms with Gasteiger partial charge in [0, 0.05) is 44.3 Å². The number of nitrogens with one attached hydrogen (secondary N) is 2. The van der Waals surface area contributed by atoms with Gasteiger partial charge in [-0.25, -0.2) is 0 Å². The second-order valence-corrected chi connectivity index (χ2v) is 7.17. The Labute approximate surface area is 184 Å². The lowest BCUT2D eigenvalue weighted by molar-refractivity contribution is 0.198. The Kier molecular flexibility index (Phi) is 9.38. The standard InChI is InChI=1S/C21H27ClN4.HI/c1-23-21(24-15-18-8-5-9-19(22)14-18)25-20-10-12-26(13-11-20)16-17-6-3-2-4-7-17;/h2-9,14,20H,10-13,15-16H2,1H3,(H2,23,24,25);1H. The van der Waals surface area contributed by atoms with Gasteiger partial charge in [0.05, 0.1) is 0 Å². The molecule has 0 aromatic heterocycles. The fraction of sp³-hybridized carbons (Fsp3) is 0.381. The first-order valence-corrected chi connectivity index (χ1v) is 9.58. The third-order valence-electron chi connectivity index (χ3n) is 4.75. The van der Waals surface area contributed by atoms with E-state index >= 15 is 0 Å². The minimum absolute atomic E-state index is 0. The largest absolute Gasteiger partial charge is 0.354 e. The molecule has 0 radical (unpaired) electrons. The summed E-state index contributed by atoms with van der Waals surface area (Å²) < 4.78 is 0. The highest BCUT2D eigenvalue weighted by Crippen LogP contribution is 2.14. The van der Waals surface area contributed by atoms with Gasteiger partial charge in [-0.3, -0.25) is 9.89 Å². The summed E-state index contributed by atoms with van der Waals surface area (Å²) in [4.78, 5) is 6.88. The van der Waals surface area contributed by atoms with E-state index in [0.717, 1.165) is 49.0 Å². The Morgan fingerprint density at radius 2 is 1.78 bits per heavy atom. The van der Waals surface area contributed by atoms with Crippen molar-refractivity contribution in [2.24, 2.45) is 4.99 Å². The highest BCUT2D eigenvalue weighted by molar-refractivity contribution is 14.0. The van der Waals surface area contributed by atoms with E-state index < -0.39 is 0 Å². The van der Waals surface area contributed by atoms with Crippen LogP contribution in [0.3, 0.4) is 0 Å². The second-order valence-electron chi connectivity index (χ2n) is 6.74. The molecule has 6 heteroatoms. The molecule has 1 aliphatic rings. The van der Waals surface area contributed by atoms with E-state index in [4.69, 9.17) is 11.6 Å². The molecule has 4 nitrogen and oxygen atoms in total. The monoisotopic (exact) mass is 498 g/mol. The van der Waals surface area contributed by atoms with Crippen LogP contribution in [-0.4, -0.2) is 37.0 Å². The van der Waals surface area contributed by atoms with Crippen LogP contribution >= 0.6 is 35.6 Å². The normalized spacial score (nSPS) is 15.9. The molecule has 27 heavy (non-hydrogen) atoms. The van der Waals surface area contributed by atoms with Crippen LogP contribution in [0.2, 0.25) is 5.02 Å². The van der Waals surface area contributed by atoms with E-state index in [2.05, 4.69) is 56.9 Å². The number of rotatable bonds is 5. The molecule has 0 atom stereocenters. The van der Waals surface area contributed by atoms with E-state index in [0.29, 0.717) is 12.6 Å². The molecule has 2 aromatic carbocycles. The number of guanidine groups is 1. The van der Waals surface area contributed by atoms with E-state index in [1.165, 1.54) is 5.56 Å². The molecule has 0 spiro atoms. The lowest BCUT2D eigenvalue weighted by Crippen LogP contribution is -2.48. The van der Waals surface area contributed by atoms with Crippen LogP contribution in [0.25, 0.3) is 0 Å². The smallest absolute Gasteiger partial charge is 0.191 e. The van der Waals surface area contributed by atoms with Gasteiger partial charge in [0.1, 0.15) is 0 Å². The molecule has 0 unspecified atom stereocenters. The van der Waals surface area contributed by atoms with Crippen molar-refractivity contribution in [3.63, 3.8) is 0 Å². The molecule has 2 N–H and O–H groups in total. The zero-order valence-corrected chi connectivity index (χ0v) is 18.8. The predicted molar refractivity (Wildman–Crippen MR) is 125 cm³/mol. The maximum atomic E-state index is 6.04. The molecule has 2 aromatic rings. The molecule has 1 fully saturated rings. The van der Waals surface area contributed by atoms with Gasteiger partial charge in [0.15, 0.2) is 5.96 Å². The molecule has 0 amide bonds. The van der Waals surface area contributed by atoms with E-state index in [-0.39, 0.29) is 24.0 Å². The van der Waals surface area contributed by atoms with Crippen LogP contribution in [0.5, 0.6) is 0 Å². The van der Waals surface area contributed by atoms with Gasteiger partial charge in [-0.2, -0.15) is 0 Å². The minimum Gasteiger partial charge on any atom is -0.354 e. The van der Waals surface area contributed by atoms with Gasteiger partial charge in [-0.05, 0) is 36.1 Å². The lowest BCUT2D eigenvalue weighted by Gasteiger charge is -2.33. The van der Waals surface area contributed by atoms with Crippen molar-refractivity contribution in [1.29, 1.82) is 0 Å². The van der Waals surface area contributed by atoms with Crippen molar-refractivity contribution < 1.29 is 0 Å². The molecule has 0 saturated carbocycles. The fourth-order valence-electron chi connectivity index (χ4n) is 3.30. The molecule has 3 rings (SSSR count). The van der Waals surface area contributed by atoms with E-state index in [9.17, 15) is 0 Å². The number of hydrogen-bond acceptors (Lipinski definition) is 2. The molecule has 1 saturated heterocycles. The molecule has 0 aliphatic carbocycles. The number of hydrogen-bond donors (Lipinski definition) is 2. The average Bonchev–Trinajstić information content (AvgIpc) is 2.67. The average molecular weight is 499 g/mol. The summed E-state index contributed by atoms with van der Waals surface area (Å²) in [6, 6.07) is 19.1. The minimum atomic E-state index is 0. The quantitative estimate of drug-likeness (QED) is 0.367. The Morgan fingerprint density at radius 1 is 1.07 bits per heavy atom. The van der Waals surface area contributed by atoms with Crippen LogP contribution in [-0.2, 0) is 13.1 Å². The van der Waals surface area contributed by atoms with Gasteiger partial charge in [-0.15, -0.1) is 24.0 Å². The molecular formula is C21H28ClIN4.